The summed E-state index contributed by atoms with van der Waals surface area (Å²) in [5.41, 5.74) is 5.89. The number of hydrogen-bond acceptors (Lipinski definition) is 0. The summed E-state index contributed by atoms with van der Waals surface area (Å²) in [6, 6.07) is 0. The normalized spacial score (nSPS) is 22.5. The van der Waals surface area contributed by atoms with Crippen LogP contribution in [-0.2, 0) is 0 Å². The molecule has 0 aromatic heterocycles. The molecule has 0 unspecified atom stereocenters. The van der Waals surface area contributed by atoms with Crippen LogP contribution in [0.4, 0.5) is 0 Å². The van der Waals surface area contributed by atoms with E-state index in [4.69, 9.17) is 0 Å². The van der Waals surface area contributed by atoms with Crippen molar-refractivity contribution < 1.29 is 0 Å². The summed E-state index contributed by atoms with van der Waals surface area (Å²) >= 11 is 0. The molecule has 1 aliphatic carbocycles. The van der Waals surface area contributed by atoms with Gasteiger partial charge in [0.2, 0.25) is 0 Å². The molecule has 1 rings (SSSR count). The summed E-state index contributed by atoms with van der Waals surface area (Å²) in [4.78, 5) is 0. The zero-order valence-corrected chi connectivity index (χ0v) is 9.71. The molecule has 1 heteroatoms. The van der Waals surface area contributed by atoms with E-state index in [2.05, 4.69) is 44.9 Å². The Morgan fingerprint density at radius 2 is 1.33 bits per heavy atom. The zero-order valence-electron chi connectivity index (χ0n) is 8.71. The topological polar surface area (TPSA) is 0 Å². The molecule has 0 nitrogen and oxygen atoms in total. The van der Waals surface area contributed by atoms with Crippen molar-refractivity contribution in [3.8, 4) is 0 Å². The summed E-state index contributed by atoms with van der Waals surface area (Å²) in [5, 5.41) is 0.161. The Bertz CT molecular complexity index is 245. The van der Waals surface area contributed by atoms with Gasteiger partial charge < -0.3 is 0 Å². The molecule has 0 atom stereocenters. The van der Waals surface area contributed by atoms with Crippen molar-refractivity contribution in [2.24, 2.45) is 0 Å². The molecule has 0 N–H and O–H groups in total. The van der Waals surface area contributed by atoms with Gasteiger partial charge in [-0.15, -0.1) is 0 Å². The van der Waals surface area contributed by atoms with Gasteiger partial charge in [0.15, 0.2) is 0 Å². The minimum absolute atomic E-state index is 0.161. The van der Waals surface area contributed by atoms with Crippen LogP contribution in [0.5, 0.6) is 0 Å². The maximum atomic E-state index is 3.90. The second kappa shape index (κ2) is 2.88. The fourth-order valence-corrected chi connectivity index (χ4v) is 2.39. The zero-order chi connectivity index (χ0) is 9.52. The van der Waals surface area contributed by atoms with Gasteiger partial charge in [0.25, 0.3) is 0 Å². The molecule has 0 saturated heterocycles. The molecule has 0 amide bonds. The number of rotatable bonds is 1. The highest BCUT2D eigenvalue weighted by Gasteiger charge is 2.34. The Morgan fingerprint density at radius 1 is 1.00 bits per heavy atom. The van der Waals surface area contributed by atoms with Crippen LogP contribution in [-0.4, -0.2) is 10.2 Å². The summed E-state index contributed by atoms with van der Waals surface area (Å²) < 4.78 is 0. The first-order valence-corrected chi connectivity index (χ1v) is 5.06. The fourth-order valence-electron chi connectivity index (χ4n) is 2.01. The van der Waals surface area contributed by atoms with Gasteiger partial charge in [-0.25, -0.2) is 0 Å². The van der Waals surface area contributed by atoms with Crippen LogP contribution in [0.3, 0.4) is 0 Å². The lowest BCUT2D eigenvalue weighted by molar-refractivity contribution is 0.719. The molecule has 0 aromatic rings. The predicted molar refractivity (Wildman–Crippen MR) is 55.5 cm³/mol. The molecule has 12 heavy (non-hydrogen) atoms. The van der Waals surface area contributed by atoms with Gasteiger partial charge >= 0.3 is 0 Å². The van der Waals surface area contributed by atoms with E-state index in [0.29, 0.717) is 0 Å². The van der Waals surface area contributed by atoms with Gasteiger partial charge in [-0.2, -0.15) is 0 Å². The highest BCUT2D eigenvalue weighted by atomic mass is 28.1. The molecule has 0 spiro atoms. The first-order valence-electron chi connectivity index (χ1n) is 4.56. The molecule has 65 valence electrons. The van der Waals surface area contributed by atoms with Crippen molar-refractivity contribution in [3.63, 3.8) is 0 Å². The van der Waals surface area contributed by atoms with Crippen LogP contribution in [0, 0.1) is 0 Å². The van der Waals surface area contributed by atoms with E-state index in [1.807, 2.05) is 0 Å². The van der Waals surface area contributed by atoms with E-state index in [-0.39, 0.29) is 5.04 Å². The van der Waals surface area contributed by atoms with Gasteiger partial charge in [-0.3, -0.25) is 0 Å². The minimum Gasteiger partial charge on any atom is -0.0645 e. The van der Waals surface area contributed by atoms with Crippen LogP contribution < -0.4 is 0 Å². The average molecular weight is 177 g/mol. The monoisotopic (exact) mass is 177 g/mol. The van der Waals surface area contributed by atoms with Crippen molar-refractivity contribution in [3.05, 3.63) is 22.3 Å². The van der Waals surface area contributed by atoms with Crippen LogP contribution >= 0.6 is 0 Å². The Hall–Kier alpha value is -0.303. The quantitative estimate of drug-likeness (QED) is 0.538. The van der Waals surface area contributed by atoms with E-state index >= 15 is 0 Å². The standard InChI is InChI=1S/C11H17Si/c1-6-11(12)9(4)7(2)8(3)10(11)5/h6H2,1-5H3. The van der Waals surface area contributed by atoms with E-state index in [0.717, 1.165) is 6.42 Å². The third-order valence-corrected chi connectivity index (χ3v) is 4.60. The summed E-state index contributed by atoms with van der Waals surface area (Å²) in [7, 11) is 3.90. The van der Waals surface area contributed by atoms with Crippen LogP contribution in [0.25, 0.3) is 0 Å². The van der Waals surface area contributed by atoms with Gasteiger partial charge in [-0.05, 0) is 50.3 Å². The van der Waals surface area contributed by atoms with Gasteiger partial charge in [0.1, 0.15) is 0 Å². The highest BCUT2D eigenvalue weighted by Crippen LogP contribution is 2.52. The minimum atomic E-state index is 0.161. The first kappa shape index (κ1) is 9.78. The lowest BCUT2D eigenvalue weighted by Crippen LogP contribution is -2.12. The lowest BCUT2D eigenvalue weighted by atomic mass is 9.92. The van der Waals surface area contributed by atoms with Crippen molar-refractivity contribution in [2.45, 2.75) is 46.1 Å². The summed E-state index contributed by atoms with van der Waals surface area (Å²) in [6.45, 7) is 11.1. The molecule has 1 aliphatic rings. The molecule has 0 saturated carbocycles. The van der Waals surface area contributed by atoms with Gasteiger partial charge in [-0.1, -0.05) is 18.1 Å². The van der Waals surface area contributed by atoms with Crippen LogP contribution in [0.15, 0.2) is 22.3 Å². The van der Waals surface area contributed by atoms with Crippen LogP contribution in [0.1, 0.15) is 41.0 Å². The molecule has 0 bridgehead atoms. The predicted octanol–water partition coefficient (Wildman–Crippen LogP) is 3.41. The van der Waals surface area contributed by atoms with Crippen molar-refractivity contribution in [2.75, 3.05) is 0 Å². The Balaban J connectivity index is 3.25. The summed E-state index contributed by atoms with van der Waals surface area (Å²) in [6.07, 6.45) is 1.14. The van der Waals surface area contributed by atoms with Gasteiger partial charge in [0, 0.05) is 10.2 Å². The SMILES string of the molecule is CCC1([Si])C(C)=C(C)C(C)=C1C. The molecule has 0 fully saturated rings. The Labute approximate surface area is 79.2 Å². The summed E-state index contributed by atoms with van der Waals surface area (Å²) in [5.74, 6) is 0. The van der Waals surface area contributed by atoms with E-state index in [1.165, 1.54) is 22.3 Å². The second-order valence-corrected chi connectivity index (χ2v) is 4.61. The lowest BCUT2D eigenvalue weighted by Gasteiger charge is -2.27. The van der Waals surface area contributed by atoms with E-state index < -0.39 is 0 Å². The van der Waals surface area contributed by atoms with E-state index in [1.54, 1.807) is 0 Å². The Kier molecular flexibility index (Phi) is 2.35. The second-order valence-electron chi connectivity index (χ2n) is 3.76. The molecule has 3 radical (unpaired) electrons. The Morgan fingerprint density at radius 3 is 1.50 bits per heavy atom. The van der Waals surface area contributed by atoms with Crippen LogP contribution in [0.2, 0.25) is 5.04 Å². The van der Waals surface area contributed by atoms with E-state index in [9.17, 15) is 0 Å². The molecule has 0 aliphatic heterocycles. The van der Waals surface area contributed by atoms with Gasteiger partial charge in [0.05, 0.1) is 0 Å². The number of allylic oxidation sites excluding steroid dienone is 4. The fraction of sp³-hybridized carbons (Fsp3) is 0.636. The number of hydrogen-bond donors (Lipinski definition) is 0. The maximum Gasteiger partial charge on any atom is 0.0434 e. The van der Waals surface area contributed by atoms with Crippen molar-refractivity contribution >= 4 is 10.2 Å². The van der Waals surface area contributed by atoms with Crippen molar-refractivity contribution in [1.82, 2.24) is 0 Å². The largest absolute Gasteiger partial charge is 0.0645 e. The highest BCUT2D eigenvalue weighted by molar-refractivity contribution is 6.20. The molecule has 0 heterocycles. The maximum absolute atomic E-state index is 3.90. The molecular formula is C11H17Si. The van der Waals surface area contributed by atoms with Crippen molar-refractivity contribution in [1.29, 1.82) is 0 Å². The third kappa shape index (κ3) is 1.03. The first-order chi connectivity index (χ1) is 5.45. The smallest absolute Gasteiger partial charge is 0.0434 e. The average Bonchev–Trinajstić information content (AvgIpc) is 2.22. The molecule has 0 aromatic carbocycles. The molecular weight excluding hydrogens is 160 g/mol. The third-order valence-electron chi connectivity index (χ3n) is 3.50.